The van der Waals surface area contributed by atoms with Crippen molar-refractivity contribution in [1.82, 2.24) is 5.32 Å². The number of aliphatic hydroxyl groups is 3. The number of esters is 1. The van der Waals surface area contributed by atoms with E-state index >= 15 is 0 Å². The predicted octanol–water partition coefficient (Wildman–Crippen LogP) is 19.6. The SMILES string of the molecule is CCCCC/C=C\C/C=C\CCCCCCCC(=O)OCCCCCCCCCCCCCCCCCCCCCCCCCCCCCC(=O)N[C@@H](CO)[C@H](O)[C@H](O)CCCCCCCCCCCCCC. The highest BCUT2D eigenvalue weighted by atomic mass is 16.5. The fourth-order valence-electron chi connectivity index (χ4n) is 10.3. The molecule has 0 saturated carbocycles. The van der Waals surface area contributed by atoms with Gasteiger partial charge in [-0.05, 0) is 57.8 Å². The highest BCUT2D eigenvalue weighted by Gasteiger charge is 2.26. The molecule has 0 fully saturated rings. The number of hydrogen-bond donors (Lipinski definition) is 4. The lowest BCUT2D eigenvalue weighted by atomic mass is 9.99. The van der Waals surface area contributed by atoms with Crippen molar-refractivity contribution in [3.63, 3.8) is 0 Å². The number of ether oxygens (including phenoxy) is 1. The molecule has 0 rings (SSSR count). The van der Waals surface area contributed by atoms with Gasteiger partial charge in [0.1, 0.15) is 6.10 Å². The van der Waals surface area contributed by atoms with Crippen LogP contribution in [-0.2, 0) is 14.3 Å². The number of aliphatic hydroxyl groups excluding tert-OH is 3. The molecule has 432 valence electrons. The molecule has 0 aliphatic carbocycles. The third kappa shape index (κ3) is 56.3. The molecule has 73 heavy (non-hydrogen) atoms. The van der Waals surface area contributed by atoms with Crippen LogP contribution >= 0.6 is 0 Å². The summed E-state index contributed by atoms with van der Waals surface area (Å²) in [7, 11) is 0. The van der Waals surface area contributed by atoms with Crippen molar-refractivity contribution in [3.8, 4) is 0 Å². The predicted molar refractivity (Wildman–Crippen MR) is 316 cm³/mol. The Morgan fingerprint density at radius 2 is 0.712 bits per heavy atom. The Labute approximate surface area is 454 Å². The van der Waals surface area contributed by atoms with Crippen LogP contribution in [0.15, 0.2) is 24.3 Å². The summed E-state index contributed by atoms with van der Waals surface area (Å²) < 4.78 is 5.48. The highest BCUT2D eigenvalue weighted by Crippen LogP contribution is 2.19. The fourth-order valence-corrected chi connectivity index (χ4v) is 10.3. The van der Waals surface area contributed by atoms with Crippen molar-refractivity contribution < 1.29 is 29.6 Å². The van der Waals surface area contributed by atoms with Gasteiger partial charge in [-0.2, -0.15) is 0 Å². The number of carbonyl (C=O) groups excluding carboxylic acids is 2. The molecule has 0 heterocycles. The number of rotatable bonds is 61. The third-order valence-corrected chi connectivity index (χ3v) is 15.3. The molecule has 0 aliphatic heterocycles. The summed E-state index contributed by atoms with van der Waals surface area (Å²) in [6.45, 7) is 4.75. The summed E-state index contributed by atoms with van der Waals surface area (Å²) in [6.07, 6.45) is 72.3. The number of carbonyl (C=O) groups is 2. The Bertz CT molecular complexity index is 1160. The minimum Gasteiger partial charge on any atom is -0.466 e. The molecule has 3 atom stereocenters. The molecular weight excluding hydrogens is 903 g/mol. The first-order chi connectivity index (χ1) is 36.0. The van der Waals surface area contributed by atoms with Crippen LogP contribution < -0.4 is 5.32 Å². The van der Waals surface area contributed by atoms with Crippen LogP contribution in [0.1, 0.15) is 354 Å². The fraction of sp³-hybridized carbons (Fsp3) is 0.909. The molecule has 0 aromatic rings. The normalized spacial score (nSPS) is 13.1. The van der Waals surface area contributed by atoms with Gasteiger partial charge in [0.25, 0.3) is 0 Å². The van der Waals surface area contributed by atoms with Crippen molar-refractivity contribution in [1.29, 1.82) is 0 Å². The number of nitrogens with one attached hydrogen (secondary N) is 1. The number of amides is 1. The van der Waals surface area contributed by atoms with Crippen molar-refractivity contribution >= 4 is 11.9 Å². The number of hydrogen-bond acceptors (Lipinski definition) is 6. The maximum atomic E-state index is 12.5. The van der Waals surface area contributed by atoms with Gasteiger partial charge in [-0.1, -0.05) is 308 Å². The van der Waals surface area contributed by atoms with Crippen LogP contribution in [0.2, 0.25) is 0 Å². The summed E-state index contributed by atoms with van der Waals surface area (Å²) in [6, 6.07) is -0.811. The maximum Gasteiger partial charge on any atom is 0.305 e. The van der Waals surface area contributed by atoms with E-state index in [2.05, 4.69) is 43.5 Å². The van der Waals surface area contributed by atoms with Gasteiger partial charge in [0.15, 0.2) is 0 Å². The summed E-state index contributed by atoms with van der Waals surface area (Å²) in [5.74, 6) is -0.143. The molecule has 7 nitrogen and oxygen atoms in total. The van der Waals surface area contributed by atoms with E-state index in [1.54, 1.807) is 0 Å². The van der Waals surface area contributed by atoms with Gasteiger partial charge in [0, 0.05) is 12.8 Å². The second kappa shape index (κ2) is 61.2. The van der Waals surface area contributed by atoms with E-state index < -0.39 is 18.2 Å². The van der Waals surface area contributed by atoms with Crippen LogP contribution in [0.4, 0.5) is 0 Å². The van der Waals surface area contributed by atoms with Gasteiger partial charge in [0.2, 0.25) is 5.91 Å². The topological polar surface area (TPSA) is 116 Å². The van der Waals surface area contributed by atoms with Crippen LogP contribution in [-0.4, -0.2) is 58.7 Å². The summed E-state index contributed by atoms with van der Waals surface area (Å²) in [4.78, 5) is 24.6. The summed E-state index contributed by atoms with van der Waals surface area (Å²) >= 11 is 0. The molecule has 1 amide bonds. The van der Waals surface area contributed by atoms with E-state index in [-0.39, 0.29) is 18.5 Å². The third-order valence-electron chi connectivity index (χ3n) is 15.3. The monoisotopic (exact) mass is 1030 g/mol. The van der Waals surface area contributed by atoms with Crippen molar-refractivity contribution in [2.75, 3.05) is 13.2 Å². The molecule has 4 N–H and O–H groups in total. The molecule has 0 aromatic heterocycles. The Morgan fingerprint density at radius 3 is 1.11 bits per heavy atom. The van der Waals surface area contributed by atoms with Crippen molar-refractivity contribution in [2.45, 2.75) is 372 Å². The number of allylic oxidation sites excluding steroid dienone is 4. The molecule has 0 aromatic carbocycles. The van der Waals surface area contributed by atoms with Gasteiger partial charge >= 0.3 is 5.97 Å². The second-order valence-electron chi connectivity index (χ2n) is 22.6. The Hall–Kier alpha value is -1.70. The maximum absolute atomic E-state index is 12.5. The average molecular weight is 1030 g/mol. The lowest BCUT2D eigenvalue weighted by Gasteiger charge is -2.26. The molecule has 0 unspecified atom stereocenters. The minimum absolute atomic E-state index is 0.00137. The molecule has 0 bridgehead atoms. The smallest absolute Gasteiger partial charge is 0.305 e. The van der Waals surface area contributed by atoms with Gasteiger partial charge < -0.3 is 25.4 Å². The first kappa shape index (κ1) is 71.3. The zero-order valence-corrected chi connectivity index (χ0v) is 49.0. The van der Waals surface area contributed by atoms with Gasteiger partial charge in [-0.25, -0.2) is 0 Å². The van der Waals surface area contributed by atoms with E-state index in [0.717, 1.165) is 64.2 Å². The second-order valence-corrected chi connectivity index (χ2v) is 22.6. The summed E-state index contributed by atoms with van der Waals surface area (Å²) in [5, 5.41) is 33.7. The van der Waals surface area contributed by atoms with E-state index in [1.165, 1.54) is 257 Å². The minimum atomic E-state index is -1.14. The van der Waals surface area contributed by atoms with E-state index in [9.17, 15) is 24.9 Å². The molecule has 0 radical (unpaired) electrons. The lowest BCUT2D eigenvalue weighted by Crippen LogP contribution is -2.50. The van der Waals surface area contributed by atoms with E-state index in [0.29, 0.717) is 25.9 Å². The van der Waals surface area contributed by atoms with E-state index in [1.807, 2.05) is 0 Å². The van der Waals surface area contributed by atoms with Crippen LogP contribution in [0.25, 0.3) is 0 Å². The van der Waals surface area contributed by atoms with E-state index in [4.69, 9.17) is 4.74 Å². The Kier molecular flexibility index (Phi) is 59.7. The largest absolute Gasteiger partial charge is 0.466 e. The average Bonchev–Trinajstić information content (AvgIpc) is 3.39. The molecular formula is C66H127NO6. The zero-order chi connectivity index (χ0) is 53.0. The first-order valence-corrected chi connectivity index (χ1v) is 32.7. The number of unbranched alkanes of at least 4 members (excludes halogenated alkanes) is 45. The van der Waals surface area contributed by atoms with Crippen LogP contribution in [0.3, 0.4) is 0 Å². The molecule has 0 saturated heterocycles. The molecule has 0 spiro atoms. The first-order valence-electron chi connectivity index (χ1n) is 32.7. The Balaban J connectivity index is 3.38. The zero-order valence-electron chi connectivity index (χ0n) is 49.0. The van der Waals surface area contributed by atoms with Crippen molar-refractivity contribution in [2.24, 2.45) is 0 Å². The molecule has 0 aliphatic rings. The standard InChI is InChI=1S/C66H127NO6/c1-3-5-7-9-11-13-15-17-31-35-39-43-47-51-55-59-65(71)73-60-56-52-48-44-40-36-33-30-28-26-24-22-20-18-19-21-23-25-27-29-32-34-38-42-46-50-54-58-64(70)67-62(61-68)66(72)63(69)57-53-49-45-41-37-16-14-12-10-8-6-4-2/h11,13,17,31,62-63,66,68-69,72H,3-10,12,14-16,18-30,32-61H2,1-2H3,(H,67,70)/b13-11-,31-17-/t62-,63+,66-/m0/s1. The molecule has 7 heteroatoms. The van der Waals surface area contributed by atoms with Gasteiger partial charge in [-0.15, -0.1) is 0 Å². The van der Waals surface area contributed by atoms with Crippen LogP contribution in [0, 0.1) is 0 Å². The summed E-state index contributed by atoms with van der Waals surface area (Å²) in [5.41, 5.74) is 0. The van der Waals surface area contributed by atoms with Crippen molar-refractivity contribution in [3.05, 3.63) is 24.3 Å². The van der Waals surface area contributed by atoms with Gasteiger partial charge in [-0.3, -0.25) is 9.59 Å². The quantitative estimate of drug-likeness (QED) is 0.0274. The van der Waals surface area contributed by atoms with Crippen LogP contribution in [0.5, 0.6) is 0 Å². The van der Waals surface area contributed by atoms with Gasteiger partial charge in [0.05, 0.1) is 25.4 Å². The lowest BCUT2D eigenvalue weighted by molar-refractivity contribution is -0.143. The Morgan fingerprint density at radius 1 is 0.397 bits per heavy atom. The highest BCUT2D eigenvalue weighted by molar-refractivity contribution is 5.76.